The third-order valence-corrected chi connectivity index (χ3v) is 3.74. The number of hydrogen-bond acceptors (Lipinski definition) is 3. The van der Waals surface area contributed by atoms with Crippen LogP contribution in [0.25, 0.3) is 0 Å². The molecule has 0 aliphatic carbocycles. The molecule has 0 spiro atoms. The van der Waals surface area contributed by atoms with E-state index < -0.39 is 12.1 Å². The molecule has 19 heavy (non-hydrogen) atoms. The van der Waals surface area contributed by atoms with E-state index in [1.807, 2.05) is 20.8 Å². The van der Waals surface area contributed by atoms with Crippen LogP contribution in [-0.2, 0) is 4.79 Å². The summed E-state index contributed by atoms with van der Waals surface area (Å²) in [6.07, 6.45) is 1.11. The second-order valence-corrected chi connectivity index (χ2v) is 6.48. The van der Waals surface area contributed by atoms with Crippen molar-refractivity contribution < 1.29 is 14.7 Å². The van der Waals surface area contributed by atoms with Gasteiger partial charge in [-0.1, -0.05) is 0 Å². The molecule has 2 aliphatic heterocycles. The van der Waals surface area contributed by atoms with Gasteiger partial charge < -0.3 is 10.4 Å². The summed E-state index contributed by atoms with van der Waals surface area (Å²) in [6.45, 7) is 7.63. The Bertz CT molecular complexity index is 378. The van der Waals surface area contributed by atoms with Crippen molar-refractivity contribution >= 4 is 12.0 Å². The van der Waals surface area contributed by atoms with Gasteiger partial charge in [0.15, 0.2) is 0 Å². The number of rotatable bonds is 1. The van der Waals surface area contributed by atoms with Gasteiger partial charge in [-0.05, 0) is 40.2 Å². The number of carbonyl (C=O) groups excluding carboxylic acids is 1. The molecule has 0 aromatic heterocycles. The first-order chi connectivity index (χ1) is 8.78. The molecular weight excluding hydrogens is 246 g/mol. The maximum atomic E-state index is 12.3. The lowest BCUT2D eigenvalue weighted by atomic mass is 10.0. The Balaban J connectivity index is 2.11. The van der Waals surface area contributed by atoms with Crippen molar-refractivity contribution in [1.82, 2.24) is 15.1 Å². The molecule has 2 saturated heterocycles. The Morgan fingerprint density at radius 1 is 1.26 bits per heavy atom. The van der Waals surface area contributed by atoms with Crippen molar-refractivity contribution in [2.45, 2.75) is 51.2 Å². The van der Waals surface area contributed by atoms with E-state index >= 15 is 0 Å². The normalized spacial score (nSPS) is 28.1. The molecule has 2 fully saturated rings. The molecule has 2 rings (SSSR count). The third-order valence-electron chi connectivity index (χ3n) is 3.74. The molecular formula is C13H23N3O3. The Labute approximate surface area is 113 Å². The first kappa shape index (κ1) is 14.1. The topological polar surface area (TPSA) is 72.9 Å². The van der Waals surface area contributed by atoms with E-state index in [1.165, 1.54) is 4.90 Å². The highest BCUT2D eigenvalue weighted by Gasteiger charge is 2.42. The monoisotopic (exact) mass is 269 g/mol. The summed E-state index contributed by atoms with van der Waals surface area (Å²) in [5.74, 6) is -0.194. The molecule has 0 saturated carbocycles. The summed E-state index contributed by atoms with van der Waals surface area (Å²) < 4.78 is 0. The molecule has 0 unspecified atom stereocenters. The highest BCUT2D eigenvalue weighted by molar-refractivity contribution is 5.86. The number of fused-ring (bicyclic) bond motifs is 1. The highest BCUT2D eigenvalue weighted by Crippen LogP contribution is 2.25. The average molecular weight is 269 g/mol. The lowest BCUT2D eigenvalue weighted by Crippen LogP contribution is -2.63. The lowest BCUT2D eigenvalue weighted by molar-refractivity contribution is -0.130. The third kappa shape index (κ3) is 3.18. The van der Waals surface area contributed by atoms with E-state index in [4.69, 9.17) is 0 Å². The fraction of sp³-hybridized carbons (Fsp3) is 0.846. The van der Waals surface area contributed by atoms with Crippen LogP contribution in [0.2, 0.25) is 0 Å². The van der Waals surface area contributed by atoms with Crippen molar-refractivity contribution in [2.75, 3.05) is 19.6 Å². The number of carbonyl (C=O) groups is 2. The van der Waals surface area contributed by atoms with Crippen LogP contribution in [-0.4, -0.2) is 64.2 Å². The molecule has 2 amide bonds. The number of hydrogen-bond donors (Lipinski definition) is 2. The smallest absolute Gasteiger partial charge is 0.408 e. The first-order valence-electron chi connectivity index (χ1n) is 6.83. The molecule has 2 atom stereocenters. The largest absolute Gasteiger partial charge is 0.465 e. The van der Waals surface area contributed by atoms with E-state index in [-0.39, 0.29) is 17.5 Å². The van der Waals surface area contributed by atoms with Gasteiger partial charge in [0.05, 0.1) is 0 Å². The number of nitrogens with one attached hydrogen (secondary N) is 1. The fourth-order valence-corrected chi connectivity index (χ4v) is 2.91. The molecule has 2 N–H and O–H groups in total. The molecule has 2 heterocycles. The Morgan fingerprint density at radius 2 is 1.95 bits per heavy atom. The van der Waals surface area contributed by atoms with E-state index in [0.717, 1.165) is 19.4 Å². The summed E-state index contributed by atoms with van der Waals surface area (Å²) in [7, 11) is 0. The summed E-state index contributed by atoms with van der Waals surface area (Å²) in [6, 6.07) is -0.305. The van der Waals surface area contributed by atoms with Gasteiger partial charge in [-0.15, -0.1) is 0 Å². The van der Waals surface area contributed by atoms with Crippen molar-refractivity contribution in [2.24, 2.45) is 0 Å². The number of nitrogens with zero attached hydrogens (tertiary/aromatic N) is 2. The van der Waals surface area contributed by atoms with Gasteiger partial charge in [0.2, 0.25) is 5.91 Å². The van der Waals surface area contributed by atoms with Crippen LogP contribution in [0, 0.1) is 0 Å². The van der Waals surface area contributed by atoms with Gasteiger partial charge in [0.1, 0.15) is 6.04 Å². The van der Waals surface area contributed by atoms with Gasteiger partial charge in [0, 0.05) is 24.7 Å². The van der Waals surface area contributed by atoms with Gasteiger partial charge in [-0.25, -0.2) is 4.79 Å². The summed E-state index contributed by atoms with van der Waals surface area (Å²) in [4.78, 5) is 27.2. The fourth-order valence-electron chi connectivity index (χ4n) is 2.91. The summed E-state index contributed by atoms with van der Waals surface area (Å²) >= 11 is 0. The number of piperazine rings is 1. The molecule has 0 bridgehead atoms. The molecule has 0 aromatic rings. The molecule has 6 nitrogen and oxygen atoms in total. The molecule has 6 heteroatoms. The van der Waals surface area contributed by atoms with Crippen molar-refractivity contribution in [3.8, 4) is 0 Å². The Kier molecular flexibility index (Phi) is 3.71. The number of amides is 2. The zero-order valence-corrected chi connectivity index (χ0v) is 11.8. The predicted octanol–water partition coefficient (Wildman–Crippen LogP) is 0.728. The SMILES string of the molecule is CC(C)(C)NC(=O)[C@@H]1CN2CCC[C@@H]2CN1C(=O)O. The van der Waals surface area contributed by atoms with Crippen LogP contribution < -0.4 is 5.32 Å². The number of carboxylic acid groups (broad SMARTS) is 1. The molecule has 0 aromatic carbocycles. The van der Waals surface area contributed by atoms with Gasteiger partial charge in [0.25, 0.3) is 0 Å². The van der Waals surface area contributed by atoms with Gasteiger partial charge in [-0.2, -0.15) is 0 Å². The van der Waals surface area contributed by atoms with Crippen LogP contribution >= 0.6 is 0 Å². The highest BCUT2D eigenvalue weighted by atomic mass is 16.4. The first-order valence-corrected chi connectivity index (χ1v) is 6.83. The van der Waals surface area contributed by atoms with E-state index in [2.05, 4.69) is 10.2 Å². The summed E-state index contributed by atoms with van der Waals surface area (Å²) in [5.41, 5.74) is -0.344. The van der Waals surface area contributed by atoms with Crippen LogP contribution in [0.5, 0.6) is 0 Å². The minimum absolute atomic E-state index is 0.194. The quantitative estimate of drug-likeness (QED) is 0.736. The van der Waals surface area contributed by atoms with Gasteiger partial charge in [-0.3, -0.25) is 14.6 Å². The maximum Gasteiger partial charge on any atom is 0.408 e. The van der Waals surface area contributed by atoms with Gasteiger partial charge >= 0.3 is 6.09 Å². The zero-order chi connectivity index (χ0) is 14.2. The molecule has 108 valence electrons. The Hall–Kier alpha value is -1.30. The van der Waals surface area contributed by atoms with Crippen LogP contribution in [0.3, 0.4) is 0 Å². The average Bonchev–Trinajstić information content (AvgIpc) is 2.71. The van der Waals surface area contributed by atoms with Crippen molar-refractivity contribution in [3.63, 3.8) is 0 Å². The second-order valence-electron chi connectivity index (χ2n) is 6.48. The lowest BCUT2D eigenvalue weighted by Gasteiger charge is -2.42. The van der Waals surface area contributed by atoms with E-state index in [1.54, 1.807) is 0 Å². The summed E-state index contributed by atoms with van der Waals surface area (Å²) in [5, 5.41) is 12.2. The van der Waals surface area contributed by atoms with Crippen LogP contribution in [0.1, 0.15) is 33.6 Å². The molecule has 0 radical (unpaired) electrons. The molecule has 2 aliphatic rings. The van der Waals surface area contributed by atoms with Crippen LogP contribution in [0.15, 0.2) is 0 Å². The van der Waals surface area contributed by atoms with E-state index in [9.17, 15) is 14.7 Å². The minimum atomic E-state index is -0.999. The van der Waals surface area contributed by atoms with Crippen LogP contribution in [0.4, 0.5) is 4.79 Å². The Morgan fingerprint density at radius 3 is 2.53 bits per heavy atom. The van der Waals surface area contributed by atoms with Crippen molar-refractivity contribution in [1.29, 1.82) is 0 Å². The maximum absolute atomic E-state index is 12.3. The zero-order valence-electron chi connectivity index (χ0n) is 11.8. The minimum Gasteiger partial charge on any atom is -0.465 e. The standard InChI is InChI=1S/C13H23N3O3/c1-13(2,3)14-11(17)10-8-15-6-4-5-9(15)7-16(10)12(18)19/h9-10H,4-8H2,1-3H3,(H,14,17)(H,18,19)/t9-,10+/m1/s1. The second kappa shape index (κ2) is 5.00. The van der Waals surface area contributed by atoms with Crippen molar-refractivity contribution in [3.05, 3.63) is 0 Å². The van der Waals surface area contributed by atoms with E-state index in [0.29, 0.717) is 13.1 Å². The predicted molar refractivity (Wildman–Crippen MR) is 71.0 cm³/mol.